The Morgan fingerprint density at radius 2 is 1.73 bits per heavy atom. The standard InChI is InChI=1S/C24H26N2O4/c1-4-25(5-2)14-15-26-21(16-10-12-17(29-3)13-11-16)20-22(27)18-8-6-7-9-19(18)30-23(20)24(26)28/h6-13,21H,4-5,14-15H2,1-3H3/t21-/m0/s1. The van der Waals surface area contributed by atoms with Crippen molar-refractivity contribution in [3.8, 4) is 5.75 Å². The molecule has 156 valence electrons. The van der Waals surface area contributed by atoms with Crippen molar-refractivity contribution in [2.75, 3.05) is 33.3 Å². The number of fused-ring (bicyclic) bond motifs is 2. The first-order valence-corrected chi connectivity index (χ1v) is 10.3. The summed E-state index contributed by atoms with van der Waals surface area (Å²) in [6.45, 7) is 7.25. The predicted octanol–water partition coefficient (Wildman–Crippen LogP) is 3.69. The van der Waals surface area contributed by atoms with Crippen LogP contribution in [0.25, 0.3) is 11.0 Å². The Morgan fingerprint density at radius 3 is 2.40 bits per heavy atom. The summed E-state index contributed by atoms with van der Waals surface area (Å²) in [4.78, 5) is 30.7. The minimum absolute atomic E-state index is 0.147. The number of methoxy groups -OCH3 is 1. The van der Waals surface area contributed by atoms with Crippen LogP contribution in [0.2, 0.25) is 0 Å². The van der Waals surface area contributed by atoms with Gasteiger partial charge in [0.15, 0.2) is 5.43 Å². The summed E-state index contributed by atoms with van der Waals surface area (Å²) in [6, 6.07) is 14.1. The molecule has 0 fully saturated rings. The number of carbonyl (C=O) groups is 1. The molecule has 3 aromatic rings. The van der Waals surface area contributed by atoms with Crippen molar-refractivity contribution in [1.29, 1.82) is 0 Å². The molecule has 0 spiro atoms. The van der Waals surface area contributed by atoms with Crippen LogP contribution < -0.4 is 10.2 Å². The minimum atomic E-state index is -0.477. The van der Waals surface area contributed by atoms with E-state index in [1.807, 2.05) is 30.3 Å². The van der Waals surface area contributed by atoms with Crippen LogP contribution in [0.3, 0.4) is 0 Å². The van der Waals surface area contributed by atoms with Crippen molar-refractivity contribution < 1.29 is 13.9 Å². The molecule has 4 rings (SSSR count). The van der Waals surface area contributed by atoms with Crippen molar-refractivity contribution in [3.05, 3.63) is 75.6 Å². The molecule has 1 aliphatic rings. The molecule has 2 aromatic carbocycles. The monoisotopic (exact) mass is 406 g/mol. The molecule has 6 heteroatoms. The summed E-state index contributed by atoms with van der Waals surface area (Å²) in [5.41, 5.74) is 1.58. The van der Waals surface area contributed by atoms with Gasteiger partial charge in [0.1, 0.15) is 11.3 Å². The van der Waals surface area contributed by atoms with E-state index in [1.54, 1.807) is 30.2 Å². The van der Waals surface area contributed by atoms with Crippen molar-refractivity contribution in [2.24, 2.45) is 0 Å². The third-order valence-electron chi connectivity index (χ3n) is 5.86. The number of ether oxygens (including phenoxy) is 1. The molecule has 1 atom stereocenters. The Kier molecular flexibility index (Phi) is 5.59. The SMILES string of the molecule is CCN(CC)CCN1C(=O)c2oc3ccccc3c(=O)c2[C@@H]1c1ccc(OC)cc1. The average molecular weight is 406 g/mol. The lowest BCUT2D eigenvalue weighted by molar-refractivity contribution is 0.0708. The highest BCUT2D eigenvalue weighted by Crippen LogP contribution is 2.38. The molecule has 30 heavy (non-hydrogen) atoms. The molecule has 2 heterocycles. The number of hydrogen-bond donors (Lipinski definition) is 0. The van der Waals surface area contributed by atoms with Crippen LogP contribution in [0, 0.1) is 0 Å². The summed E-state index contributed by atoms with van der Waals surface area (Å²) < 4.78 is 11.2. The number of hydrogen-bond acceptors (Lipinski definition) is 5. The Hall–Kier alpha value is -3.12. The number of rotatable bonds is 7. The van der Waals surface area contributed by atoms with Crippen molar-refractivity contribution in [2.45, 2.75) is 19.9 Å². The van der Waals surface area contributed by atoms with E-state index in [-0.39, 0.29) is 17.1 Å². The zero-order valence-corrected chi connectivity index (χ0v) is 17.6. The maximum Gasteiger partial charge on any atom is 0.290 e. The zero-order valence-electron chi connectivity index (χ0n) is 17.6. The quantitative estimate of drug-likeness (QED) is 0.599. The fourth-order valence-corrected chi connectivity index (χ4v) is 4.12. The van der Waals surface area contributed by atoms with Gasteiger partial charge in [0.25, 0.3) is 5.91 Å². The molecule has 1 aromatic heterocycles. The van der Waals surface area contributed by atoms with Crippen LogP contribution in [0.1, 0.15) is 41.6 Å². The fraction of sp³-hybridized carbons (Fsp3) is 0.333. The van der Waals surface area contributed by atoms with Crippen LogP contribution in [0.4, 0.5) is 0 Å². The van der Waals surface area contributed by atoms with Gasteiger partial charge < -0.3 is 19.0 Å². The van der Waals surface area contributed by atoms with Gasteiger partial charge in [-0.1, -0.05) is 38.1 Å². The number of likely N-dealkylation sites (N-methyl/N-ethyl adjacent to an activating group) is 1. The molecule has 0 unspecified atom stereocenters. The van der Waals surface area contributed by atoms with Gasteiger partial charge in [-0.2, -0.15) is 0 Å². The van der Waals surface area contributed by atoms with E-state index in [9.17, 15) is 9.59 Å². The second-order valence-electron chi connectivity index (χ2n) is 7.37. The first-order chi connectivity index (χ1) is 14.6. The van der Waals surface area contributed by atoms with Gasteiger partial charge in [0.05, 0.1) is 24.1 Å². The van der Waals surface area contributed by atoms with Crippen molar-refractivity contribution in [1.82, 2.24) is 9.80 Å². The summed E-state index contributed by atoms with van der Waals surface area (Å²) in [5, 5.41) is 0.494. The molecule has 1 aliphatic heterocycles. The number of amides is 1. The van der Waals surface area contributed by atoms with Crippen LogP contribution in [-0.4, -0.2) is 49.0 Å². The Labute approximate surface area is 175 Å². The normalized spacial score (nSPS) is 15.8. The van der Waals surface area contributed by atoms with E-state index in [0.717, 1.165) is 30.9 Å². The third-order valence-corrected chi connectivity index (χ3v) is 5.86. The lowest BCUT2D eigenvalue weighted by atomic mass is 9.98. The maximum atomic E-state index is 13.4. The van der Waals surface area contributed by atoms with Crippen LogP contribution >= 0.6 is 0 Å². The number of para-hydroxylation sites is 1. The summed E-state index contributed by atoms with van der Waals surface area (Å²) in [7, 11) is 1.61. The number of benzene rings is 2. The van der Waals surface area contributed by atoms with E-state index in [0.29, 0.717) is 23.1 Å². The van der Waals surface area contributed by atoms with Crippen LogP contribution in [0.15, 0.2) is 57.7 Å². The molecule has 6 nitrogen and oxygen atoms in total. The highest BCUT2D eigenvalue weighted by molar-refractivity contribution is 5.99. The van der Waals surface area contributed by atoms with E-state index >= 15 is 0 Å². The molecule has 0 bridgehead atoms. The molecular weight excluding hydrogens is 380 g/mol. The lowest BCUT2D eigenvalue weighted by Crippen LogP contribution is -2.37. The largest absolute Gasteiger partial charge is 0.497 e. The Morgan fingerprint density at radius 1 is 1.03 bits per heavy atom. The van der Waals surface area contributed by atoms with E-state index in [1.165, 1.54) is 0 Å². The van der Waals surface area contributed by atoms with Gasteiger partial charge in [0.2, 0.25) is 5.76 Å². The van der Waals surface area contributed by atoms with Crippen molar-refractivity contribution in [3.63, 3.8) is 0 Å². The fourth-order valence-electron chi connectivity index (χ4n) is 4.12. The Balaban J connectivity index is 1.84. The zero-order chi connectivity index (χ0) is 21.3. The lowest BCUT2D eigenvalue weighted by Gasteiger charge is -2.28. The first-order valence-electron chi connectivity index (χ1n) is 10.3. The molecular formula is C24H26N2O4. The molecule has 0 aliphatic carbocycles. The van der Waals surface area contributed by atoms with Gasteiger partial charge in [0, 0.05) is 13.1 Å². The second kappa shape index (κ2) is 8.32. The highest BCUT2D eigenvalue weighted by Gasteiger charge is 2.42. The van der Waals surface area contributed by atoms with E-state index in [2.05, 4.69) is 18.7 Å². The number of nitrogens with zero attached hydrogens (tertiary/aromatic N) is 2. The molecule has 0 radical (unpaired) electrons. The van der Waals surface area contributed by atoms with Gasteiger partial charge in [-0.25, -0.2) is 0 Å². The van der Waals surface area contributed by atoms with Gasteiger partial charge in [-0.15, -0.1) is 0 Å². The molecule has 1 amide bonds. The van der Waals surface area contributed by atoms with Crippen LogP contribution in [-0.2, 0) is 0 Å². The molecule has 0 N–H and O–H groups in total. The summed E-state index contributed by atoms with van der Waals surface area (Å²) in [5.74, 6) is 0.642. The van der Waals surface area contributed by atoms with Gasteiger partial charge >= 0.3 is 0 Å². The third kappa shape index (κ3) is 3.37. The molecule has 0 saturated heterocycles. The van der Waals surface area contributed by atoms with Gasteiger partial charge in [-0.3, -0.25) is 9.59 Å². The molecule has 0 saturated carbocycles. The number of carbonyl (C=O) groups excluding carboxylic acids is 1. The Bertz CT molecular complexity index is 1120. The maximum absolute atomic E-state index is 13.4. The summed E-state index contributed by atoms with van der Waals surface area (Å²) in [6.07, 6.45) is 0. The van der Waals surface area contributed by atoms with E-state index in [4.69, 9.17) is 9.15 Å². The smallest absolute Gasteiger partial charge is 0.290 e. The van der Waals surface area contributed by atoms with Crippen molar-refractivity contribution >= 4 is 16.9 Å². The topological polar surface area (TPSA) is 63.0 Å². The highest BCUT2D eigenvalue weighted by atomic mass is 16.5. The average Bonchev–Trinajstić information content (AvgIpc) is 3.07. The first kappa shape index (κ1) is 20.2. The minimum Gasteiger partial charge on any atom is -0.497 e. The predicted molar refractivity (Wildman–Crippen MR) is 116 cm³/mol. The second-order valence-corrected chi connectivity index (χ2v) is 7.37. The van der Waals surface area contributed by atoms with E-state index < -0.39 is 6.04 Å². The van der Waals surface area contributed by atoms with Gasteiger partial charge in [-0.05, 0) is 42.9 Å². The van der Waals surface area contributed by atoms with Crippen LogP contribution in [0.5, 0.6) is 5.75 Å². The summed E-state index contributed by atoms with van der Waals surface area (Å²) >= 11 is 0.